The second-order valence-corrected chi connectivity index (χ2v) is 6.69. The van der Waals surface area contributed by atoms with Crippen LogP contribution < -0.4 is 5.32 Å². The van der Waals surface area contributed by atoms with Crippen molar-refractivity contribution in [3.05, 3.63) is 29.6 Å². The minimum absolute atomic E-state index is 0.215. The minimum Gasteiger partial charge on any atom is -0.294 e. The monoisotopic (exact) mass is 314 g/mol. The van der Waals surface area contributed by atoms with Gasteiger partial charge in [-0.1, -0.05) is 13.0 Å². The predicted octanol–water partition coefficient (Wildman–Crippen LogP) is 0.560. The van der Waals surface area contributed by atoms with Gasteiger partial charge in [-0.05, 0) is 31.0 Å². The molecule has 0 radical (unpaired) electrons. The first-order chi connectivity index (χ1) is 9.77. The van der Waals surface area contributed by atoms with Crippen LogP contribution in [0.2, 0.25) is 0 Å². The lowest BCUT2D eigenvalue weighted by Gasteiger charge is -2.32. The van der Waals surface area contributed by atoms with Crippen LogP contribution in [0, 0.1) is 12.7 Å². The molecular formula is C13H15FN2O4S. The quantitative estimate of drug-likeness (QED) is 0.826. The van der Waals surface area contributed by atoms with Crippen LogP contribution in [0.1, 0.15) is 18.9 Å². The highest BCUT2D eigenvalue weighted by Gasteiger charge is 2.40. The average molecular weight is 314 g/mol. The number of hydrogen-bond donors (Lipinski definition) is 1. The zero-order valence-corrected chi connectivity index (χ0v) is 12.4. The highest BCUT2D eigenvalue weighted by atomic mass is 32.2. The number of hydrogen-bond acceptors (Lipinski definition) is 4. The summed E-state index contributed by atoms with van der Waals surface area (Å²) in [6, 6.07) is 2.53. The van der Waals surface area contributed by atoms with Gasteiger partial charge >= 0.3 is 0 Å². The van der Waals surface area contributed by atoms with Gasteiger partial charge in [0, 0.05) is 0 Å². The molecule has 0 aliphatic carbocycles. The zero-order chi connectivity index (χ0) is 15.8. The van der Waals surface area contributed by atoms with E-state index in [0.717, 1.165) is 10.4 Å². The Kier molecular flexibility index (Phi) is 4.11. The Morgan fingerprint density at radius 3 is 2.62 bits per heavy atom. The Morgan fingerprint density at radius 2 is 2.05 bits per heavy atom. The minimum atomic E-state index is -4.12. The van der Waals surface area contributed by atoms with E-state index in [9.17, 15) is 22.4 Å². The van der Waals surface area contributed by atoms with Gasteiger partial charge in [-0.2, -0.15) is 4.31 Å². The number of aryl methyl sites for hydroxylation is 1. The first-order valence-corrected chi connectivity index (χ1v) is 7.83. The highest BCUT2D eigenvalue weighted by Crippen LogP contribution is 2.23. The van der Waals surface area contributed by atoms with E-state index in [1.165, 1.54) is 19.1 Å². The van der Waals surface area contributed by atoms with Crippen LogP contribution in [-0.4, -0.2) is 37.1 Å². The fourth-order valence-corrected chi connectivity index (χ4v) is 3.78. The summed E-state index contributed by atoms with van der Waals surface area (Å²) in [5.74, 6) is -2.01. The third-order valence-corrected chi connectivity index (χ3v) is 5.20. The summed E-state index contributed by atoms with van der Waals surface area (Å²) in [6.07, 6.45) is 0.215. The third-order valence-electron chi connectivity index (χ3n) is 3.35. The highest BCUT2D eigenvalue weighted by molar-refractivity contribution is 7.89. The average Bonchev–Trinajstić information content (AvgIpc) is 2.41. The molecule has 2 amide bonds. The summed E-state index contributed by atoms with van der Waals surface area (Å²) < 4.78 is 39.5. The van der Waals surface area contributed by atoms with Crippen LogP contribution in [0.4, 0.5) is 4.39 Å². The van der Waals surface area contributed by atoms with Crippen LogP contribution in [0.15, 0.2) is 23.1 Å². The molecule has 1 unspecified atom stereocenters. The van der Waals surface area contributed by atoms with Crippen LogP contribution in [0.3, 0.4) is 0 Å². The first-order valence-electron chi connectivity index (χ1n) is 6.39. The molecule has 0 spiro atoms. The normalized spacial score (nSPS) is 20.4. The second kappa shape index (κ2) is 5.53. The molecule has 114 valence electrons. The molecule has 21 heavy (non-hydrogen) atoms. The van der Waals surface area contributed by atoms with E-state index in [2.05, 4.69) is 5.32 Å². The first kappa shape index (κ1) is 15.6. The number of rotatable bonds is 3. The van der Waals surface area contributed by atoms with E-state index >= 15 is 0 Å². The molecule has 8 heteroatoms. The molecule has 1 aromatic carbocycles. The van der Waals surface area contributed by atoms with E-state index in [0.29, 0.717) is 5.56 Å². The molecule has 1 N–H and O–H groups in total. The Morgan fingerprint density at radius 1 is 1.38 bits per heavy atom. The molecular weight excluding hydrogens is 299 g/mol. The van der Waals surface area contributed by atoms with Gasteiger partial charge in [0.15, 0.2) is 0 Å². The Labute approximate surface area is 122 Å². The lowest BCUT2D eigenvalue weighted by Crippen LogP contribution is -2.59. The van der Waals surface area contributed by atoms with E-state index < -0.39 is 40.2 Å². The van der Waals surface area contributed by atoms with E-state index in [4.69, 9.17) is 0 Å². The summed E-state index contributed by atoms with van der Waals surface area (Å²) in [5, 5.41) is 2.10. The third kappa shape index (κ3) is 2.81. The molecule has 0 saturated carbocycles. The maximum atomic E-state index is 13.6. The van der Waals surface area contributed by atoms with Crippen molar-refractivity contribution < 1.29 is 22.4 Å². The molecule has 1 aromatic rings. The largest absolute Gasteiger partial charge is 0.294 e. The fourth-order valence-electron chi connectivity index (χ4n) is 2.15. The van der Waals surface area contributed by atoms with Crippen molar-refractivity contribution >= 4 is 21.8 Å². The summed E-state index contributed by atoms with van der Waals surface area (Å²) in [7, 11) is -4.12. The molecule has 2 rings (SSSR count). The predicted molar refractivity (Wildman–Crippen MR) is 72.3 cm³/mol. The van der Waals surface area contributed by atoms with Gasteiger partial charge in [-0.25, -0.2) is 12.8 Å². The molecule has 0 bridgehead atoms. The number of amides is 2. The molecule has 6 nitrogen and oxygen atoms in total. The van der Waals surface area contributed by atoms with Gasteiger partial charge in [0.05, 0.1) is 11.4 Å². The Hall–Kier alpha value is -1.80. The number of carbonyl (C=O) groups excluding carboxylic acids is 2. The number of benzene rings is 1. The van der Waals surface area contributed by atoms with Crippen LogP contribution in [-0.2, 0) is 19.6 Å². The number of imide groups is 1. The molecule has 0 aromatic heterocycles. The summed E-state index contributed by atoms with van der Waals surface area (Å²) >= 11 is 0. The van der Waals surface area contributed by atoms with Crippen LogP contribution >= 0.6 is 0 Å². The number of carbonyl (C=O) groups is 2. The Bertz CT molecular complexity index is 702. The topological polar surface area (TPSA) is 83.6 Å². The number of nitrogens with one attached hydrogen (secondary N) is 1. The van der Waals surface area contributed by atoms with Crippen molar-refractivity contribution in [3.63, 3.8) is 0 Å². The number of sulfonamides is 1. The summed E-state index contributed by atoms with van der Waals surface area (Å²) in [6.45, 7) is 2.69. The van der Waals surface area contributed by atoms with Gasteiger partial charge in [-0.15, -0.1) is 0 Å². The van der Waals surface area contributed by atoms with Crippen LogP contribution in [0.5, 0.6) is 0 Å². The number of halogens is 1. The van der Waals surface area contributed by atoms with Crippen molar-refractivity contribution in [1.29, 1.82) is 0 Å². The van der Waals surface area contributed by atoms with Gasteiger partial charge < -0.3 is 0 Å². The summed E-state index contributed by atoms with van der Waals surface area (Å²) in [4.78, 5) is 22.9. The maximum Gasteiger partial charge on any atom is 0.245 e. The molecule has 1 aliphatic rings. The standard InChI is InChI=1S/C13H15FN2O4S/c1-3-11-13(18)15-12(17)7-16(11)21(19,20)9-5-4-8(2)10(14)6-9/h4-6,11H,3,7H2,1-2H3,(H,15,17,18). The molecule has 1 heterocycles. The van der Waals surface area contributed by atoms with Gasteiger partial charge in [0.25, 0.3) is 0 Å². The van der Waals surface area contributed by atoms with Crippen LogP contribution in [0.25, 0.3) is 0 Å². The molecule has 1 saturated heterocycles. The molecule has 1 fully saturated rings. The van der Waals surface area contributed by atoms with E-state index in [1.807, 2.05) is 0 Å². The maximum absolute atomic E-state index is 13.6. The zero-order valence-electron chi connectivity index (χ0n) is 11.6. The van der Waals surface area contributed by atoms with Crippen molar-refractivity contribution in [2.24, 2.45) is 0 Å². The summed E-state index contributed by atoms with van der Waals surface area (Å²) in [5.41, 5.74) is 0.313. The number of nitrogens with zero attached hydrogens (tertiary/aromatic N) is 1. The fraction of sp³-hybridized carbons (Fsp3) is 0.385. The van der Waals surface area contributed by atoms with Gasteiger partial charge in [0.2, 0.25) is 21.8 Å². The lowest BCUT2D eigenvalue weighted by molar-refractivity contribution is -0.137. The molecule has 1 aliphatic heterocycles. The van der Waals surface area contributed by atoms with E-state index in [-0.39, 0.29) is 11.3 Å². The van der Waals surface area contributed by atoms with Crippen molar-refractivity contribution in [1.82, 2.24) is 9.62 Å². The van der Waals surface area contributed by atoms with Gasteiger partial charge in [-0.3, -0.25) is 14.9 Å². The Balaban J connectivity index is 2.47. The molecule has 1 atom stereocenters. The number of piperazine rings is 1. The van der Waals surface area contributed by atoms with Gasteiger partial charge in [0.1, 0.15) is 11.9 Å². The lowest BCUT2D eigenvalue weighted by atomic mass is 10.2. The van der Waals surface area contributed by atoms with Crippen molar-refractivity contribution in [2.75, 3.05) is 6.54 Å². The SMILES string of the molecule is CCC1C(=O)NC(=O)CN1S(=O)(=O)c1ccc(C)c(F)c1. The smallest absolute Gasteiger partial charge is 0.245 e. The van der Waals surface area contributed by atoms with E-state index in [1.54, 1.807) is 6.92 Å². The van der Waals surface area contributed by atoms with Crippen molar-refractivity contribution in [2.45, 2.75) is 31.2 Å². The van der Waals surface area contributed by atoms with Crippen molar-refractivity contribution in [3.8, 4) is 0 Å². The second-order valence-electron chi connectivity index (χ2n) is 4.80.